The van der Waals surface area contributed by atoms with Crippen molar-refractivity contribution >= 4 is 11.8 Å². The molecule has 0 aliphatic carbocycles. The Balaban J connectivity index is 3.38. The first-order valence-electron chi connectivity index (χ1n) is 5.47. The van der Waals surface area contributed by atoms with E-state index < -0.39 is 0 Å². The van der Waals surface area contributed by atoms with Gasteiger partial charge < -0.3 is 10.2 Å². The summed E-state index contributed by atoms with van der Waals surface area (Å²) >= 11 is 1.92. The number of rotatable bonds is 8. The summed E-state index contributed by atoms with van der Waals surface area (Å²) in [5.74, 6) is 1.98. The highest BCUT2D eigenvalue weighted by Crippen LogP contribution is 2.02. The standard InChI is InChI=1S/C11H26N2S/c1-10(2)8-12-6-7-13(4)11(3)9-14-5/h10-12H,6-9H2,1-5H3. The molecule has 0 radical (unpaired) electrons. The Morgan fingerprint density at radius 2 is 1.93 bits per heavy atom. The maximum atomic E-state index is 3.46. The van der Waals surface area contributed by atoms with Gasteiger partial charge in [-0.25, -0.2) is 0 Å². The van der Waals surface area contributed by atoms with Crippen LogP contribution in [0.2, 0.25) is 0 Å². The molecule has 0 aliphatic rings. The Morgan fingerprint density at radius 3 is 2.43 bits per heavy atom. The quantitative estimate of drug-likeness (QED) is 0.627. The van der Waals surface area contributed by atoms with Crippen LogP contribution in [-0.4, -0.2) is 49.6 Å². The molecule has 0 heterocycles. The Kier molecular flexibility index (Phi) is 8.73. The van der Waals surface area contributed by atoms with Crippen molar-refractivity contribution in [3.05, 3.63) is 0 Å². The Morgan fingerprint density at radius 1 is 1.29 bits per heavy atom. The molecule has 1 N–H and O–H groups in total. The van der Waals surface area contributed by atoms with Gasteiger partial charge in [0.1, 0.15) is 0 Å². The molecule has 0 bridgehead atoms. The number of likely N-dealkylation sites (N-methyl/N-ethyl adjacent to an activating group) is 1. The number of hydrogen-bond acceptors (Lipinski definition) is 3. The van der Waals surface area contributed by atoms with E-state index in [0.29, 0.717) is 6.04 Å². The molecule has 86 valence electrons. The number of thioether (sulfide) groups is 1. The fourth-order valence-corrected chi connectivity index (χ4v) is 1.97. The molecule has 3 heteroatoms. The van der Waals surface area contributed by atoms with Crippen LogP contribution in [0.4, 0.5) is 0 Å². The van der Waals surface area contributed by atoms with Crippen molar-refractivity contribution in [1.29, 1.82) is 0 Å². The predicted octanol–water partition coefficient (Wildman–Crippen LogP) is 1.92. The summed E-state index contributed by atoms with van der Waals surface area (Å²) in [6.45, 7) is 10.2. The number of nitrogens with one attached hydrogen (secondary N) is 1. The molecular weight excluding hydrogens is 192 g/mol. The van der Waals surface area contributed by atoms with Crippen LogP contribution in [0.25, 0.3) is 0 Å². The third-order valence-corrected chi connectivity index (χ3v) is 3.17. The lowest BCUT2D eigenvalue weighted by molar-refractivity contribution is 0.276. The molecule has 0 rings (SSSR count). The maximum Gasteiger partial charge on any atom is 0.0155 e. The van der Waals surface area contributed by atoms with Crippen molar-refractivity contribution in [2.45, 2.75) is 26.8 Å². The van der Waals surface area contributed by atoms with Gasteiger partial charge in [-0.3, -0.25) is 0 Å². The zero-order valence-electron chi connectivity index (χ0n) is 10.3. The molecule has 0 fully saturated rings. The lowest BCUT2D eigenvalue weighted by atomic mass is 10.2. The average molecular weight is 218 g/mol. The average Bonchev–Trinajstić information content (AvgIpc) is 2.12. The van der Waals surface area contributed by atoms with E-state index in [1.165, 1.54) is 5.75 Å². The smallest absolute Gasteiger partial charge is 0.0155 e. The summed E-state index contributed by atoms with van der Waals surface area (Å²) in [4.78, 5) is 2.42. The summed E-state index contributed by atoms with van der Waals surface area (Å²) in [6, 6.07) is 0.686. The monoisotopic (exact) mass is 218 g/mol. The molecule has 0 amide bonds. The lowest BCUT2D eigenvalue weighted by Crippen LogP contribution is -2.37. The van der Waals surface area contributed by atoms with E-state index in [9.17, 15) is 0 Å². The van der Waals surface area contributed by atoms with Crippen molar-refractivity contribution in [3.8, 4) is 0 Å². The Hall–Kier alpha value is 0.270. The highest BCUT2D eigenvalue weighted by Gasteiger charge is 2.06. The summed E-state index contributed by atoms with van der Waals surface area (Å²) < 4.78 is 0. The van der Waals surface area contributed by atoms with Crippen molar-refractivity contribution < 1.29 is 0 Å². The summed E-state index contributed by atoms with van der Waals surface area (Å²) in [5.41, 5.74) is 0. The van der Waals surface area contributed by atoms with Crippen LogP contribution in [0.15, 0.2) is 0 Å². The van der Waals surface area contributed by atoms with Gasteiger partial charge in [-0.05, 0) is 32.7 Å². The van der Waals surface area contributed by atoms with Gasteiger partial charge in [0, 0.05) is 24.9 Å². The first kappa shape index (κ1) is 14.3. The first-order chi connectivity index (χ1) is 6.57. The van der Waals surface area contributed by atoms with Gasteiger partial charge in [0.25, 0.3) is 0 Å². The fourth-order valence-electron chi connectivity index (χ4n) is 1.23. The van der Waals surface area contributed by atoms with Gasteiger partial charge in [-0.2, -0.15) is 11.8 Å². The first-order valence-corrected chi connectivity index (χ1v) is 6.87. The van der Waals surface area contributed by atoms with Gasteiger partial charge in [-0.15, -0.1) is 0 Å². The second kappa shape index (κ2) is 8.57. The molecule has 14 heavy (non-hydrogen) atoms. The minimum absolute atomic E-state index is 0.686. The molecule has 2 nitrogen and oxygen atoms in total. The third kappa shape index (κ3) is 7.65. The SMILES string of the molecule is CSCC(C)N(C)CCNCC(C)C. The molecule has 1 atom stereocenters. The van der Waals surface area contributed by atoms with Crippen molar-refractivity contribution in [1.82, 2.24) is 10.2 Å². The highest BCUT2D eigenvalue weighted by molar-refractivity contribution is 7.98. The van der Waals surface area contributed by atoms with Gasteiger partial charge in [-0.1, -0.05) is 13.8 Å². The number of nitrogens with zero attached hydrogens (tertiary/aromatic N) is 1. The number of hydrogen-bond donors (Lipinski definition) is 1. The fraction of sp³-hybridized carbons (Fsp3) is 1.00. The second-order valence-electron chi connectivity index (χ2n) is 4.38. The molecule has 0 saturated carbocycles. The van der Waals surface area contributed by atoms with Gasteiger partial charge in [0.05, 0.1) is 0 Å². The maximum absolute atomic E-state index is 3.46. The minimum Gasteiger partial charge on any atom is -0.315 e. The zero-order valence-corrected chi connectivity index (χ0v) is 11.2. The third-order valence-electron chi connectivity index (χ3n) is 2.35. The Labute approximate surface area is 93.8 Å². The molecule has 0 aromatic rings. The van der Waals surface area contributed by atoms with E-state index in [1.54, 1.807) is 0 Å². The van der Waals surface area contributed by atoms with E-state index in [2.05, 4.69) is 44.3 Å². The van der Waals surface area contributed by atoms with Crippen LogP contribution in [0.5, 0.6) is 0 Å². The van der Waals surface area contributed by atoms with Crippen LogP contribution in [0, 0.1) is 5.92 Å². The molecule has 0 spiro atoms. The highest BCUT2D eigenvalue weighted by atomic mass is 32.2. The normalized spacial score (nSPS) is 13.9. The van der Waals surface area contributed by atoms with Crippen LogP contribution < -0.4 is 5.32 Å². The van der Waals surface area contributed by atoms with Crippen molar-refractivity contribution in [2.24, 2.45) is 5.92 Å². The molecule has 0 aliphatic heterocycles. The predicted molar refractivity (Wildman–Crippen MR) is 68.2 cm³/mol. The van der Waals surface area contributed by atoms with E-state index in [-0.39, 0.29) is 0 Å². The Bertz CT molecular complexity index is 128. The summed E-state index contributed by atoms with van der Waals surface area (Å²) in [7, 11) is 2.21. The summed E-state index contributed by atoms with van der Waals surface area (Å²) in [5, 5.41) is 3.46. The van der Waals surface area contributed by atoms with Crippen LogP contribution in [0.3, 0.4) is 0 Å². The minimum atomic E-state index is 0.686. The van der Waals surface area contributed by atoms with Crippen LogP contribution >= 0.6 is 11.8 Å². The van der Waals surface area contributed by atoms with E-state index in [0.717, 1.165) is 25.6 Å². The van der Waals surface area contributed by atoms with Gasteiger partial charge in [0.15, 0.2) is 0 Å². The van der Waals surface area contributed by atoms with E-state index in [1.807, 2.05) is 11.8 Å². The van der Waals surface area contributed by atoms with Gasteiger partial charge in [0.2, 0.25) is 0 Å². The lowest BCUT2D eigenvalue weighted by Gasteiger charge is -2.24. The molecule has 0 aromatic heterocycles. The summed E-state index contributed by atoms with van der Waals surface area (Å²) in [6.07, 6.45) is 2.17. The van der Waals surface area contributed by atoms with Crippen molar-refractivity contribution in [2.75, 3.05) is 38.7 Å². The largest absolute Gasteiger partial charge is 0.315 e. The topological polar surface area (TPSA) is 15.3 Å². The van der Waals surface area contributed by atoms with Gasteiger partial charge >= 0.3 is 0 Å². The second-order valence-corrected chi connectivity index (χ2v) is 5.29. The van der Waals surface area contributed by atoms with Crippen LogP contribution in [-0.2, 0) is 0 Å². The van der Waals surface area contributed by atoms with Crippen LogP contribution in [0.1, 0.15) is 20.8 Å². The molecule has 1 unspecified atom stereocenters. The van der Waals surface area contributed by atoms with Crippen molar-refractivity contribution in [3.63, 3.8) is 0 Å². The molecule has 0 saturated heterocycles. The zero-order chi connectivity index (χ0) is 11.0. The van der Waals surface area contributed by atoms with E-state index >= 15 is 0 Å². The molecular formula is C11H26N2S. The molecule has 0 aromatic carbocycles. The van der Waals surface area contributed by atoms with E-state index in [4.69, 9.17) is 0 Å².